The zero-order valence-corrected chi connectivity index (χ0v) is 10.9. The Labute approximate surface area is 107 Å². The lowest BCUT2D eigenvalue weighted by Crippen LogP contribution is -2.50. The van der Waals surface area contributed by atoms with Crippen LogP contribution in [0, 0.1) is 0 Å². The van der Waals surface area contributed by atoms with Crippen LogP contribution in [0.25, 0.3) is 0 Å². The Morgan fingerprint density at radius 2 is 2.11 bits per heavy atom. The number of aliphatic carboxylic acids is 1. The second-order valence-electron chi connectivity index (χ2n) is 5.33. The molecule has 1 aromatic carbocycles. The van der Waals surface area contributed by atoms with Crippen LogP contribution in [0.4, 0.5) is 0 Å². The Balaban J connectivity index is 2.45. The summed E-state index contributed by atoms with van der Waals surface area (Å²) in [5.74, 6) is -0.234. The third kappa shape index (κ3) is 2.53. The third-order valence-electron chi connectivity index (χ3n) is 3.04. The smallest absolute Gasteiger partial charge is 0.328 e. The first-order valence-corrected chi connectivity index (χ1v) is 6.06. The van der Waals surface area contributed by atoms with Crippen LogP contribution in [-0.4, -0.2) is 28.5 Å². The molecule has 4 heteroatoms. The number of nitrogens with one attached hydrogen (secondary N) is 1. The van der Waals surface area contributed by atoms with Crippen molar-refractivity contribution in [1.82, 2.24) is 5.32 Å². The molecule has 0 saturated heterocycles. The van der Waals surface area contributed by atoms with Crippen LogP contribution in [0.2, 0.25) is 0 Å². The van der Waals surface area contributed by atoms with Gasteiger partial charge in [0.05, 0.1) is 0 Å². The molecule has 1 aromatic rings. The molecule has 0 saturated carbocycles. The van der Waals surface area contributed by atoms with Crippen LogP contribution < -0.4 is 5.32 Å². The molecule has 0 fully saturated rings. The highest BCUT2D eigenvalue weighted by Crippen LogP contribution is 2.23. The maximum atomic E-state index is 10.9. The van der Waals surface area contributed by atoms with E-state index >= 15 is 0 Å². The normalized spacial score (nSPS) is 20.9. The summed E-state index contributed by atoms with van der Waals surface area (Å²) in [4.78, 5) is 15.2. The molecule has 0 aromatic heterocycles. The fourth-order valence-corrected chi connectivity index (χ4v) is 2.16. The van der Waals surface area contributed by atoms with Gasteiger partial charge in [-0.1, -0.05) is 24.3 Å². The molecule has 0 radical (unpaired) electrons. The Bertz CT molecular complexity index is 506. The highest BCUT2D eigenvalue weighted by atomic mass is 16.4. The SMILES string of the molecule is C[C@@H](N=C1NC(C)(C)Cc2ccccc21)C(=O)O. The molecular formula is C14H18N2O2. The van der Waals surface area contributed by atoms with Crippen molar-refractivity contribution < 1.29 is 9.90 Å². The first-order valence-electron chi connectivity index (χ1n) is 6.06. The number of amidine groups is 1. The number of carbonyl (C=O) groups is 1. The first kappa shape index (κ1) is 12.6. The van der Waals surface area contributed by atoms with E-state index in [1.165, 1.54) is 5.56 Å². The average Bonchev–Trinajstić information content (AvgIpc) is 2.27. The van der Waals surface area contributed by atoms with Crippen molar-refractivity contribution in [3.05, 3.63) is 35.4 Å². The highest BCUT2D eigenvalue weighted by Gasteiger charge is 2.28. The number of hydrogen-bond acceptors (Lipinski definition) is 2. The Hall–Kier alpha value is -1.84. The van der Waals surface area contributed by atoms with E-state index in [9.17, 15) is 4.79 Å². The summed E-state index contributed by atoms with van der Waals surface area (Å²) in [6, 6.07) is 7.25. The molecule has 2 rings (SSSR count). The van der Waals surface area contributed by atoms with Gasteiger partial charge in [0.25, 0.3) is 0 Å². The Morgan fingerprint density at radius 3 is 2.78 bits per heavy atom. The van der Waals surface area contributed by atoms with Crippen LogP contribution in [0.15, 0.2) is 29.3 Å². The van der Waals surface area contributed by atoms with Gasteiger partial charge in [-0.25, -0.2) is 4.79 Å². The molecule has 0 amide bonds. The van der Waals surface area contributed by atoms with E-state index in [-0.39, 0.29) is 5.54 Å². The molecule has 0 aliphatic carbocycles. The van der Waals surface area contributed by atoms with Gasteiger partial charge in [-0.15, -0.1) is 0 Å². The van der Waals surface area contributed by atoms with Crippen molar-refractivity contribution in [2.24, 2.45) is 4.99 Å². The first-order chi connectivity index (χ1) is 8.39. The van der Waals surface area contributed by atoms with Crippen molar-refractivity contribution in [3.8, 4) is 0 Å². The van der Waals surface area contributed by atoms with Crippen molar-refractivity contribution in [2.75, 3.05) is 0 Å². The van der Waals surface area contributed by atoms with E-state index in [0.717, 1.165) is 12.0 Å². The number of nitrogens with zero attached hydrogens (tertiary/aromatic N) is 1. The largest absolute Gasteiger partial charge is 0.480 e. The quantitative estimate of drug-likeness (QED) is 0.837. The molecule has 2 N–H and O–H groups in total. The molecule has 1 atom stereocenters. The van der Waals surface area contributed by atoms with Gasteiger partial charge in [-0.3, -0.25) is 4.99 Å². The van der Waals surface area contributed by atoms with Crippen molar-refractivity contribution in [3.63, 3.8) is 0 Å². The van der Waals surface area contributed by atoms with Crippen LogP contribution in [0.3, 0.4) is 0 Å². The number of carboxylic acids is 1. The van der Waals surface area contributed by atoms with Crippen LogP contribution in [0.5, 0.6) is 0 Å². The zero-order valence-electron chi connectivity index (χ0n) is 10.9. The van der Waals surface area contributed by atoms with E-state index in [0.29, 0.717) is 5.84 Å². The third-order valence-corrected chi connectivity index (χ3v) is 3.04. The van der Waals surface area contributed by atoms with Gasteiger partial charge >= 0.3 is 5.97 Å². The monoisotopic (exact) mass is 246 g/mol. The molecule has 0 spiro atoms. The van der Waals surface area contributed by atoms with Crippen LogP contribution in [-0.2, 0) is 11.2 Å². The summed E-state index contributed by atoms with van der Waals surface area (Å²) in [5.41, 5.74) is 2.10. The predicted molar refractivity (Wildman–Crippen MR) is 71.0 cm³/mol. The molecule has 96 valence electrons. The maximum absolute atomic E-state index is 10.9. The fourth-order valence-electron chi connectivity index (χ4n) is 2.16. The zero-order chi connectivity index (χ0) is 13.3. The minimum Gasteiger partial charge on any atom is -0.480 e. The lowest BCUT2D eigenvalue weighted by molar-refractivity contribution is -0.137. The van der Waals surface area contributed by atoms with Crippen molar-refractivity contribution >= 4 is 11.8 Å². The van der Waals surface area contributed by atoms with Gasteiger partial charge in [0, 0.05) is 11.1 Å². The lowest BCUT2D eigenvalue weighted by atomic mass is 9.87. The van der Waals surface area contributed by atoms with Gasteiger partial charge in [0.2, 0.25) is 0 Å². The Morgan fingerprint density at radius 1 is 1.44 bits per heavy atom. The van der Waals surface area contributed by atoms with Gasteiger partial charge in [0.15, 0.2) is 0 Å². The minimum absolute atomic E-state index is 0.106. The van der Waals surface area contributed by atoms with Crippen molar-refractivity contribution in [2.45, 2.75) is 38.8 Å². The van der Waals surface area contributed by atoms with E-state index in [1.807, 2.05) is 18.2 Å². The summed E-state index contributed by atoms with van der Waals surface area (Å²) in [6.45, 7) is 5.76. The number of rotatable bonds is 2. The lowest BCUT2D eigenvalue weighted by Gasteiger charge is -2.34. The molecular weight excluding hydrogens is 228 g/mol. The number of benzene rings is 1. The minimum atomic E-state index is -0.912. The molecule has 18 heavy (non-hydrogen) atoms. The number of fused-ring (bicyclic) bond motifs is 1. The topological polar surface area (TPSA) is 61.7 Å². The van der Waals surface area contributed by atoms with Gasteiger partial charge in [-0.2, -0.15) is 0 Å². The predicted octanol–water partition coefficient (Wildman–Crippen LogP) is 1.83. The highest BCUT2D eigenvalue weighted by molar-refractivity contribution is 6.02. The van der Waals surface area contributed by atoms with E-state index in [1.54, 1.807) is 6.92 Å². The summed E-state index contributed by atoms with van der Waals surface area (Å²) in [7, 11) is 0. The molecule has 1 aliphatic rings. The molecule has 0 unspecified atom stereocenters. The van der Waals surface area contributed by atoms with Crippen LogP contribution in [0.1, 0.15) is 31.9 Å². The van der Waals surface area contributed by atoms with Crippen molar-refractivity contribution in [1.29, 1.82) is 0 Å². The average molecular weight is 246 g/mol. The summed E-state index contributed by atoms with van der Waals surface area (Å²) < 4.78 is 0. The van der Waals surface area contributed by atoms with Crippen LogP contribution >= 0.6 is 0 Å². The summed E-state index contributed by atoms with van der Waals surface area (Å²) >= 11 is 0. The number of aliphatic imine (C=N–C) groups is 1. The van der Waals surface area contributed by atoms with E-state index < -0.39 is 12.0 Å². The molecule has 1 aliphatic heterocycles. The van der Waals surface area contributed by atoms with Gasteiger partial charge < -0.3 is 10.4 Å². The molecule has 0 bridgehead atoms. The summed E-state index contributed by atoms with van der Waals surface area (Å²) in [5, 5.41) is 12.3. The van der Waals surface area contributed by atoms with E-state index in [2.05, 4.69) is 30.2 Å². The fraction of sp³-hybridized carbons (Fsp3) is 0.429. The maximum Gasteiger partial charge on any atom is 0.328 e. The Kier molecular flexibility index (Phi) is 3.11. The number of carboxylic acid groups (broad SMARTS) is 1. The second-order valence-corrected chi connectivity index (χ2v) is 5.33. The number of hydrogen-bond donors (Lipinski definition) is 2. The molecule has 1 heterocycles. The molecule has 4 nitrogen and oxygen atoms in total. The second kappa shape index (κ2) is 4.44. The van der Waals surface area contributed by atoms with Gasteiger partial charge in [0.1, 0.15) is 11.9 Å². The van der Waals surface area contributed by atoms with E-state index in [4.69, 9.17) is 5.11 Å². The van der Waals surface area contributed by atoms with Gasteiger partial charge in [-0.05, 0) is 32.8 Å². The standard InChI is InChI=1S/C14H18N2O2/c1-9(13(17)18)15-12-11-7-5-4-6-10(11)8-14(2,3)16-12/h4-7,9H,8H2,1-3H3,(H,15,16)(H,17,18)/t9-/m1/s1. The summed E-state index contributed by atoms with van der Waals surface area (Å²) in [6.07, 6.45) is 0.906.